The van der Waals surface area contributed by atoms with Gasteiger partial charge in [0.2, 0.25) is 0 Å². The molecule has 3 heterocycles. The first-order chi connectivity index (χ1) is 20.4. The number of hydrogen-bond donors (Lipinski definition) is 5. The summed E-state index contributed by atoms with van der Waals surface area (Å²) < 4.78 is 5.60. The van der Waals surface area contributed by atoms with E-state index in [1.165, 1.54) is 11.8 Å². The van der Waals surface area contributed by atoms with Crippen LogP contribution in [0.15, 0.2) is 67.0 Å². The van der Waals surface area contributed by atoms with E-state index in [1.54, 1.807) is 31.3 Å². The van der Waals surface area contributed by atoms with E-state index in [2.05, 4.69) is 56.2 Å². The molecule has 3 atom stereocenters. The van der Waals surface area contributed by atoms with Gasteiger partial charge in [-0.3, -0.25) is 14.6 Å². The second-order valence-electron chi connectivity index (χ2n) is 10.7. The van der Waals surface area contributed by atoms with Crippen LogP contribution in [-0.2, 0) is 19.4 Å². The Balaban J connectivity index is 1.37. The molecule has 42 heavy (non-hydrogen) atoms. The van der Waals surface area contributed by atoms with Crippen molar-refractivity contribution in [2.75, 3.05) is 24.1 Å². The highest BCUT2D eigenvalue weighted by Crippen LogP contribution is 2.37. The summed E-state index contributed by atoms with van der Waals surface area (Å²) >= 11 is 1.65. The summed E-state index contributed by atoms with van der Waals surface area (Å²) in [5, 5.41) is 21.5. The van der Waals surface area contributed by atoms with Crippen molar-refractivity contribution in [1.82, 2.24) is 25.5 Å². The number of benzene rings is 2. The molecule has 0 spiro atoms. The van der Waals surface area contributed by atoms with Crippen molar-refractivity contribution >= 4 is 40.4 Å². The number of nitrogens with zero attached hydrogens (tertiary/aromatic N) is 2. The minimum absolute atomic E-state index is 0.104. The number of amides is 2. The van der Waals surface area contributed by atoms with E-state index in [0.717, 1.165) is 39.9 Å². The number of hydrogen-bond acceptors (Lipinski definition) is 7. The van der Waals surface area contributed by atoms with Crippen LogP contribution in [0, 0.1) is 0 Å². The largest absolute Gasteiger partial charge is 0.390 e. The van der Waals surface area contributed by atoms with Crippen LogP contribution in [0.5, 0.6) is 0 Å². The van der Waals surface area contributed by atoms with Crippen LogP contribution in [0.1, 0.15) is 57.4 Å². The fourth-order valence-corrected chi connectivity index (χ4v) is 6.28. The van der Waals surface area contributed by atoms with E-state index < -0.39 is 12.1 Å². The van der Waals surface area contributed by atoms with Crippen LogP contribution < -0.4 is 20.7 Å². The number of aryl methyl sites for hydroxylation is 1. The second-order valence-corrected chi connectivity index (χ2v) is 11.5. The summed E-state index contributed by atoms with van der Waals surface area (Å²) in [4.78, 5) is 30.1. The van der Waals surface area contributed by atoms with Crippen molar-refractivity contribution in [3.05, 3.63) is 94.9 Å². The number of nitrogens with one attached hydrogen (secondary N) is 4. The Labute approximate surface area is 250 Å². The molecule has 1 unspecified atom stereocenters. The normalized spacial score (nSPS) is 15.9. The molecule has 220 valence electrons. The minimum atomic E-state index is -0.867. The lowest BCUT2D eigenvalue weighted by atomic mass is 10.0. The molecule has 0 bridgehead atoms. The SMILES string of the molecule is CCc1ccc2c3c1cc(C(=O)N[C@@H](Cc1ccccc1)[C@H](O)CNCc1cncc(C(=O)NC)c1)n3C(C)CSN2. The summed E-state index contributed by atoms with van der Waals surface area (Å²) in [6.07, 6.45) is 3.68. The van der Waals surface area contributed by atoms with Gasteiger partial charge in [0, 0.05) is 49.7 Å². The number of aliphatic hydroxyl groups is 1. The monoisotopic (exact) mass is 586 g/mol. The summed E-state index contributed by atoms with van der Waals surface area (Å²) in [5.41, 5.74) is 6.17. The van der Waals surface area contributed by atoms with Gasteiger partial charge in [0.15, 0.2) is 0 Å². The molecular weight excluding hydrogens is 548 g/mol. The zero-order valence-electron chi connectivity index (χ0n) is 24.2. The minimum Gasteiger partial charge on any atom is -0.390 e. The van der Waals surface area contributed by atoms with Crippen molar-refractivity contribution in [2.24, 2.45) is 0 Å². The van der Waals surface area contributed by atoms with Crippen molar-refractivity contribution < 1.29 is 14.7 Å². The fraction of sp³-hybridized carbons (Fsp3) is 0.344. The van der Waals surface area contributed by atoms with E-state index in [1.807, 2.05) is 36.4 Å². The van der Waals surface area contributed by atoms with Crippen molar-refractivity contribution in [2.45, 2.75) is 51.4 Å². The van der Waals surface area contributed by atoms with Crippen molar-refractivity contribution in [3.8, 4) is 0 Å². The van der Waals surface area contributed by atoms with E-state index in [4.69, 9.17) is 0 Å². The third-order valence-corrected chi connectivity index (χ3v) is 8.71. The molecular formula is C32H38N6O3S. The van der Waals surface area contributed by atoms with Gasteiger partial charge < -0.3 is 30.3 Å². The van der Waals surface area contributed by atoms with Gasteiger partial charge in [-0.05, 0) is 54.7 Å². The standard InChI is InChI=1S/C32H38N6O3S/c1-4-23-10-11-26-30-25(23)14-28(38(30)20(2)19-42-37-26)32(41)36-27(13-21-8-6-5-7-9-21)29(39)18-35-16-22-12-24(17-34-15-22)31(40)33-3/h5-12,14-15,17,20,27,29,35,37,39H,4,13,16,18-19H2,1-3H3,(H,33,40)(H,36,41)/t20?,27-,29+/m0/s1. The zero-order chi connectivity index (χ0) is 29.6. The highest BCUT2D eigenvalue weighted by atomic mass is 32.2. The lowest BCUT2D eigenvalue weighted by Crippen LogP contribution is -2.49. The molecule has 5 N–H and O–H groups in total. The van der Waals surface area contributed by atoms with Gasteiger partial charge in [-0.2, -0.15) is 0 Å². The number of aliphatic hydroxyl groups excluding tert-OH is 1. The first kappa shape index (κ1) is 29.6. The number of carbonyl (C=O) groups excluding carboxylic acids is 2. The van der Waals surface area contributed by atoms with Crippen LogP contribution in [-0.4, -0.2) is 58.0 Å². The average molecular weight is 587 g/mol. The third-order valence-electron chi connectivity index (χ3n) is 7.70. The molecule has 2 amide bonds. The first-order valence-electron chi connectivity index (χ1n) is 14.3. The highest BCUT2D eigenvalue weighted by molar-refractivity contribution is 8.00. The number of rotatable bonds is 11. The summed E-state index contributed by atoms with van der Waals surface area (Å²) in [5.74, 6) is 0.404. The Morgan fingerprint density at radius 3 is 2.69 bits per heavy atom. The van der Waals surface area contributed by atoms with Gasteiger partial charge in [-0.1, -0.05) is 55.3 Å². The Kier molecular flexibility index (Phi) is 9.46. The molecule has 5 rings (SSSR count). The molecule has 0 saturated heterocycles. The molecule has 9 nitrogen and oxygen atoms in total. The number of anilines is 1. The van der Waals surface area contributed by atoms with Crippen LogP contribution in [0.2, 0.25) is 0 Å². The van der Waals surface area contributed by atoms with E-state index in [0.29, 0.717) is 24.2 Å². The molecule has 10 heteroatoms. The van der Waals surface area contributed by atoms with E-state index >= 15 is 0 Å². The molecule has 0 aliphatic carbocycles. The number of carbonyl (C=O) groups is 2. The maximum atomic E-state index is 14.0. The lowest BCUT2D eigenvalue weighted by Gasteiger charge is -2.26. The number of pyridine rings is 1. The zero-order valence-corrected chi connectivity index (χ0v) is 25.0. The average Bonchev–Trinajstić information content (AvgIpc) is 3.34. The molecule has 1 aliphatic heterocycles. The van der Waals surface area contributed by atoms with Gasteiger partial charge in [0.25, 0.3) is 11.8 Å². The predicted octanol–water partition coefficient (Wildman–Crippen LogP) is 4.08. The van der Waals surface area contributed by atoms with Crippen molar-refractivity contribution in [1.29, 1.82) is 0 Å². The quantitative estimate of drug-likeness (QED) is 0.168. The summed E-state index contributed by atoms with van der Waals surface area (Å²) in [7, 11) is 1.58. The maximum absolute atomic E-state index is 14.0. The van der Waals surface area contributed by atoms with Gasteiger partial charge >= 0.3 is 0 Å². The van der Waals surface area contributed by atoms with Crippen molar-refractivity contribution in [3.63, 3.8) is 0 Å². The molecule has 2 aromatic carbocycles. The predicted molar refractivity (Wildman–Crippen MR) is 169 cm³/mol. The van der Waals surface area contributed by atoms with Gasteiger partial charge in [-0.15, -0.1) is 0 Å². The first-order valence-corrected chi connectivity index (χ1v) is 15.3. The molecule has 2 aromatic heterocycles. The molecule has 0 saturated carbocycles. The van der Waals surface area contributed by atoms with E-state index in [-0.39, 0.29) is 24.4 Å². The van der Waals surface area contributed by atoms with Crippen LogP contribution in [0.25, 0.3) is 10.9 Å². The van der Waals surface area contributed by atoms with Crippen LogP contribution in [0.4, 0.5) is 5.69 Å². The van der Waals surface area contributed by atoms with Gasteiger partial charge in [0.1, 0.15) is 5.69 Å². The summed E-state index contributed by atoms with van der Waals surface area (Å²) in [6, 6.07) is 17.4. The topological polar surface area (TPSA) is 120 Å². The Morgan fingerprint density at radius 2 is 1.93 bits per heavy atom. The molecule has 1 aliphatic rings. The Hall–Kier alpha value is -3.86. The maximum Gasteiger partial charge on any atom is 0.268 e. The number of aromatic nitrogens is 2. The lowest BCUT2D eigenvalue weighted by molar-refractivity contribution is 0.0820. The third kappa shape index (κ3) is 6.46. The highest BCUT2D eigenvalue weighted by Gasteiger charge is 2.28. The van der Waals surface area contributed by atoms with Crippen LogP contribution in [0.3, 0.4) is 0 Å². The second kappa shape index (κ2) is 13.4. The Morgan fingerprint density at radius 1 is 1.12 bits per heavy atom. The molecule has 0 fully saturated rings. The van der Waals surface area contributed by atoms with E-state index in [9.17, 15) is 14.7 Å². The van der Waals surface area contributed by atoms with Gasteiger partial charge in [-0.25, -0.2) is 0 Å². The molecule has 4 aromatic rings. The molecule has 0 radical (unpaired) electrons. The smallest absolute Gasteiger partial charge is 0.268 e. The fourth-order valence-electron chi connectivity index (χ4n) is 5.49. The Bertz CT molecular complexity index is 1560. The summed E-state index contributed by atoms with van der Waals surface area (Å²) in [6.45, 7) is 4.92. The van der Waals surface area contributed by atoms with Crippen LogP contribution >= 0.6 is 11.9 Å². The van der Waals surface area contributed by atoms with Gasteiger partial charge in [0.05, 0.1) is 28.9 Å².